The molecule has 1 aromatic carbocycles. The summed E-state index contributed by atoms with van der Waals surface area (Å²) < 4.78 is 49.8. The van der Waals surface area contributed by atoms with Crippen LogP contribution in [0.1, 0.15) is 0 Å². The summed E-state index contributed by atoms with van der Waals surface area (Å²) in [5.74, 6) is -0.926. The molecular formula is C12H16Cl2N2O5S2. The van der Waals surface area contributed by atoms with Crippen molar-refractivity contribution < 1.29 is 21.9 Å². The van der Waals surface area contributed by atoms with E-state index in [1.165, 1.54) is 18.2 Å². The number of sulfonamides is 1. The second-order valence-electron chi connectivity index (χ2n) is 5.19. The summed E-state index contributed by atoms with van der Waals surface area (Å²) in [5.41, 5.74) is 5.45. The highest BCUT2D eigenvalue weighted by molar-refractivity contribution is 7.92. The molecule has 0 radical (unpaired) electrons. The minimum absolute atomic E-state index is 0.0240. The van der Waals surface area contributed by atoms with E-state index in [0.29, 0.717) is 0 Å². The molecule has 1 aliphatic heterocycles. The van der Waals surface area contributed by atoms with E-state index in [1.807, 2.05) is 0 Å². The third kappa shape index (κ3) is 3.98. The highest BCUT2D eigenvalue weighted by Gasteiger charge is 2.44. The van der Waals surface area contributed by atoms with Crippen molar-refractivity contribution in [3.63, 3.8) is 0 Å². The van der Waals surface area contributed by atoms with E-state index in [1.54, 1.807) is 0 Å². The Balaban J connectivity index is 2.45. The molecule has 1 aromatic rings. The molecule has 130 valence electrons. The Morgan fingerprint density at radius 1 is 1.26 bits per heavy atom. The van der Waals surface area contributed by atoms with Gasteiger partial charge >= 0.3 is 0 Å². The fraction of sp³-hybridized carbons (Fsp3) is 0.500. The standard InChI is InChI=1S/C12H16Cl2N2O5S2/c13-9-2-1-8(5-10(9)14)23(20,21)16(4-3-15)11-6-22(18,19)7-12(11)17/h1-2,5,11-12,17H,3-4,6-7,15H2/t11-,12+/m0/s1. The van der Waals surface area contributed by atoms with Gasteiger partial charge < -0.3 is 10.8 Å². The van der Waals surface area contributed by atoms with Crippen molar-refractivity contribution in [1.29, 1.82) is 0 Å². The molecule has 1 heterocycles. The zero-order valence-corrected chi connectivity index (χ0v) is 15.0. The van der Waals surface area contributed by atoms with Crippen LogP contribution in [0, 0.1) is 0 Å². The fourth-order valence-electron chi connectivity index (χ4n) is 2.45. The van der Waals surface area contributed by atoms with Crippen LogP contribution in [0.4, 0.5) is 0 Å². The molecule has 1 saturated heterocycles. The van der Waals surface area contributed by atoms with Crippen LogP contribution in [-0.4, -0.2) is 63.0 Å². The average molecular weight is 403 g/mol. The lowest BCUT2D eigenvalue weighted by Gasteiger charge is -2.29. The molecule has 0 spiro atoms. The maximum Gasteiger partial charge on any atom is 0.243 e. The van der Waals surface area contributed by atoms with Crippen LogP contribution in [0.3, 0.4) is 0 Å². The van der Waals surface area contributed by atoms with Crippen molar-refractivity contribution >= 4 is 43.1 Å². The van der Waals surface area contributed by atoms with Gasteiger partial charge in [0.15, 0.2) is 9.84 Å². The van der Waals surface area contributed by atoms with Gasteiger partial charge in [0.1, 0.15) is 0 Å². The van der Waals surface area contributed by atoms with Crippen LogP contribution < -0.4 is 5.73 Å². The second-order valence-corrected chi connectivity index (χ2v) is 10.1. The van der Waals surface area contributed by atoms with Crippen LogP contribution in [-0.2, 0) is 19.9 Å². The molecule has 0 aromatic heterocycles. The van der Waals surface area contributed by atoms with Crippen molar-refractivity contribution in [1.82, 2.24) is 4.31 Å². The fourth-order valence-corrected chi connectivity index (χ4v) is 6.40. The van der Waals surface area contributed by atoms with Crippen molar-refractivity contribution in [2.75, 3.05) is 24.6 Å². The van der Waals surface area contributed by atoms with Gasteiger partial charge in [-0.3, -0.25) is 0 Å². The summed E-state index contributed by atoms with van der Waals surface area (Å²) in [6.07, 6.45) is -1.30. The molecule has 7 nitrogen and oxygen atoms in total. The number of aliphatic hydroxyl groups excluding tert-OH is 1. The third-order valence-corrected chi connectivity index (χ3v) is 7.87. The van der Waals surface area contributed by atoms with Crippen molar-refractivity contribution in [3.05, 3.63) is 28.2 Å². The SMILES string of the molecule is NCCN([C@H]1CS(=O)(=O)C[C@H]1O)S(=O)(=O)c1ccc(Cl)c(Cl)c1. The van der Waals surface area contributed by atoms with Crippen LogP contribution in [0.2, 0.25) is 10.0 Å². The molecule has 0 saturated carbocycles. The summed E-state index contributed by atoms with van der Waals surface area (Å²) in [7, 11) is -7.59. The molecule has 1 aliphatic rings. The average Bonchev–Trinajstić information content (AvgIpc) is 2.71. The first-order valence-electron chi connectivity index (χ1n) is 6.64. The lowest BCUT2D eigenvalue weighted by molar-refractivity contribution is 0.129. The van der Waals surface area contributed by atoms with E-state index in [-0.39, 0.29) is 28.0 Å². The number of hydrogen-bond donors (Lipinski definition) is 2. The third-order valence-electron chi connectivity index (χ3n) is 3.51. The highest BCUT2D eigenvalue weighted by atomic mass is 35.5. The Bertz CT molecular complexity index is 798. The second kappa shape index (κ2) is 6.83. The molecule has 0 bridgehead atoms. The topological polar surface area (TPSA) is 118 Å². The van der Waals surface area contributed by atoms with Crippen molar-refractivity contribution in [2.45, 2.75) is 17.0 Å². The predicted octanol–water partition coefficient (Wildman–Crippen LogP) is 0.101. The summed E-state index contributed by atoms with van der Waals surface area (Å²) >= 11 is 11.6. The normalized spacial score (nSPS) is 24.2. The molecule has 11 heteroatoms. The van der Waals surface area contributed by atoms with Gasteiger partial charge in [0, 0.05) is 13.1 Å². The maximum absolute atomic E-state index is 12.8. The largest absolute Gasteiger partial charge is 0.390 e. The van der Waals surface area contributed by atoms with E-state index in [9.17, 15) is 21.9 Å². The van der Waals surface area contributed by atoms with Gasteiger partial charge in [-0.05, 0) is 18.2 Å². The van der Waals surface area contributed by atoms with Crippen LogP contribution in [0.15, 0.2) is 23.1 Å². The van der Waals surface area contributed by atoms with E-state index in [2.05, 4.69) is 0 Å². The van der Waals surface area contributed by atoms with Gasteiger partial charge in [0.2, 0.25) is 10.0 Å². The summed E-state index contributed by atoms with van der Waals surface area (Å²) in [6.45, 7) is -0.149. The monoisotopic (exact) mass is 402 g/mol. The molecule has 0 aliphatic carbocycles. The molecule has 2 atom stereocenters. The number of hydrogen-bond acceptors (Lipinski definition) is 6. The zero-order chi connectivity index (χ0) is 17.4. The molecule has 0 amide bonds. The quantitative estimate of drug-likeness (QED) is 0.720. The minimum atomic E-state index is -4.08. The van der Waals surface area contributed by atoms with Gasteiger partial charge in [0.25, 0.3) is 0 Å². The number of nitrogens with two attached hydrogens (primary N) is 1. The number of aliphatic hydroxyl groups is 1. The smallest absolute Gasteiger partial charge is 0.243 e. The van der Waals surface area contributed by atoms with Crippen molar-refractivity contribution in [2.24, 2.45) is 5.73 Å². The van der Waals surface area contributed by atoms with Gasteiger partial charge in [-0.2, -0.15) is 4.31 Å². The Labute approximate surface area is 145 Å². The zero-order valence-electron chi connectivity index (χ0n) is 11.9. The Morgan fingerprint density at radius 2 is 1.91 bits per heavy atom. The van der Waals surface area contributed by atoms with Gasteiger partial charge in [0.05, 0.1) is 38.6 Å². The van der Waals surface area contributed by atoms with Gasteiger partial charge in [-0.25, -0.2) is 16.8 Å². The molecule has 2 rings (SSSR count). The van der Waals surface area contributed by atoms with E-state index in [4.69, 9.17) is 28.9 Å². The maximum atomic E-state index is 12.8. The minimum Gasteiger partial charge on any atom is -0.390 e. The number of rotatable bonds is 5. The first-order valence-corrected chi connectivity index (χ1v) is 10.7. The Morgan fingerprint density at radius 3 is 2.39 bits per heavy atom. The Hall–Kier alpha value is -0.420. The van der Waals surface area contributed by atoms with Crippen LogP contribution in [0.5, 0.6) is 0 Å². The molecule has 1 fully saturated rings. The summed E-state index contributed by atoms with van der Waals surface area (Å²) in [6, 6.07) is 2.70. The van der Waals surface area contributed by atoms with Crippen LogP contribution in [0.25, 0.3) is 0 Å². The van der Waals surface area contributed by atoms with Crippen LogP contribution >= 0.6 is 23.2 Å². The first kappa shape index (κ1) is 18.9. The molecule has 0 unspecified atom stereocenters. The number of sulfone groups is 1. The van der Waals surface area contributed by atoms with Crippen molar-refractivity contribution in [3.8, 4) is 0 Å². The number of nitrogens with zero attached hydrogens (tertiary/aromatic N) is 1. The lowest BCUT2D eigenvalue weighted by atomic mass is 10.2. The highest BCUT2D eigenvalue weighted by Crippen LogP contribution is 2.29. The predicted molar refractivity (Wildman–Crippen MR) is 87.9 cm³/mol. The van der Waals surface area contributed by atoms with E-state index < -0.39 is 43.5 Å². The molecule has 3 N–H and O–H groups in total. The summed E-state index contributed by atoms with van der Waals surface area (Å²) in [4.78, 5) is -0.142. The van der Waals surface area contributed by atoms with E-state index >= 15 is 0 Å². The molecule has 23 heavy (non-hydrogen) atoms. The van der Waals surface area contributed by atoms with E-state index in [0.717, 1.165) is 4.31 Å². The summed E-state index contributed by atoms with van der Waals surface area (Å²) in [5, 5.41) is 10.2. The number of halogens is 2. The molecular weight excluding hydrogens is 387 g/mol. The Kier molecular flexibility index (Phi) is 5.62. The van der Waals surface area contributed by atoms with Gasteiger partial charge in [-0.1, -0.05) is 23.2 Å². The first-order chi connectivity index (χ1) is 10.6. The number of benzene rings is 1. The lowest BCUT2D eigenvalue weighted by Crippen LogP contribution is -2.48. The van der Waals surface area contributed by atoms with Gasteiger partial charge in [-0.15, -0.1) is 0 Å².